The molecule has 2 amide bonds. The monoisotopic (exact) mass is 431 g/mol. The van der Waals surface area contributed by atoms with Crippen molar-refractivity contribution in [1.29, 1.82) is 0 Å². The van der Waals surface area contributed by atoms with E-state index in [1.165, 1.54) is 4.90 Å². The normalized spacial score (nSPS) is 19.9. The number of nitrogens with zero attached hydrogens (tertiary/aromatic N) is 5. The molecule has 0 saturated carbocycles. The second kappa shape index (κ2) is 7.71. The van der Waals surface area contributed by atoms with Crippen LogP contribution in [-0.4, -0.2) is 48.1 Å². The first-order valence-corrected chi connectivity index (χ1v) is 10.5. The quantitative estimate of drug-likeness (QED) is 0.634. The SMILES string of the molecule is C[C@@H]1C(=O)N(C)c2ccc(N3C(=O)c4ccccc4C3c3cccnc3)nc2N1CCF. The average molecular weight is 431 g/mol. The molecule has 1 aromatic carbocycles. The lowest BCUT2D eigenvalue weighted by atomic mass is 9.99. The Morgan fingerprint density at radius 2 is 1.88 bits per heavy atom. The molecule has 2 aliphatic heterocycles. The van der Waals surface area contributed by atoms with Crippen LogP contribution in [0.25, 0.3) is 0 Å². The summed E-state index contributed by atoms with van der Waals surface area (Å²) in [5.41, 5.74) is 2.95. The number of anilines is 3. The molecule has 2 aliphatic rings. The van der Waals surface area contributed by atoms with Crippen molar-refractivity contribution in [1.82, 2.24) is 9.97 Å². The molecule has 32 heavy (non-hydrogen) atoms. The molecule has 1 unspecified atom stereocenters. The summed E-state index contributed by atoms with van der Waals surface area (Å²) in [5, 5.41) is 0. The minimum atomic E-state index is -0.612. The van der Waals surface area contributed by atoms with Crippen molar-refractivity contribution in [3.63, 3.8) is 0 Å². The van der Waals surface area contributed by atoms with E-state index in [1.54, 1.807) is 48.3 Å². The smallest absolute Gasteiger partial charge is 0.260 e. The van der Waals surface area contributed by atoms with Crippen molar-refractivity contribution in [2.75, 3.05) is 35.0 Å². The standard InChI is InChI=1S/C24H22FN5O2/c1-15-23(31)28(2)19-9-10-20(27-22(19)29(15)13-11-25)30-21(16-6-5-12-26-14-16)17-7-3-4-8-18(17)24(30)32/h3-10,12,14-15,21H,11,13H2,1-2H3/t15-,21?/m1/s1. The van der Waals surface area contributed by atoms with Gasteiger partial charge in [0.1, 0.15) is 18.5 Å². The summed E-state index contributed by atoms with van der Waals surface area (Å²) >= 11 is 0. The van der Waals surface area contributed by atoms with E-state index >= 15 is 0 Å². The van der Waals surface area contributed by atoms with Crippen molar-refractivity contribution >= 4 is 29.1 Å². The van der Waals surface area contributed by atoms with E-state index in [-0.39, 0.29) is 24.4 Å². The van der Waals surface area contributed by atoms with Gasteiger partial charge in [0.15, 0.2) is 5.82 Å². The van der Waals surface area contributed by atoms with Crippen LogP contribution in [0.5, 0.6) is 0 Å². The predicted molar refractivity (Wildman–Crippen MR) is 120 cm³/mol. The number of aromatic nitrogens is 2. The predicted octanol–water partition coefficient (Wildman–Crippen LogP) is 3.37. The zero-order chi connectivity index (χ0) is 22.4. The Bertz CT molecular complexity index is 1200. The van der Waals surface area contributed by atoms with Crippen molar-refractivity contribution in [3.8, 4) is 0 Å². The Morgan fingerprint density at radius 3 is 2.62 bits per heavy atom. The highest BCUT2D eigenvalue weighted by atomic mass is 19.1. The maximum atomic E-state index is 13.5. The Labute approximate surface area is 185 Å². The summed E-state index contributed by atoms with van der Waals surface area (Å²) in [7, 11) is 1.68. The lowest BCUT2D eigenvalue weighted by Crippen LogP contribution is -2.52. The minimum Gasteiger partial charge on any atom is -0.340 e. The van der Waals surface area contributed by atoms with Gasteiger partial charge in [-0.05, 0) is 42.3 Å². The highest BCUT2D eigenvalue weighted by Gasteiger charge is 2.41. The van der Waals surface area contributed by atoms with Gasteiger partial charge in [-0.15, -0.1) is 0 Å². The number of amides is 2. The van der Waals surface area contributed by atoms with Crippen molar-refractivity contribution in [2.24, 2.45) is 0 Å². The van der Waals surface area contributed by atoms with E-state index in [2.05, 4.69) is 4.98 Å². The number of fused-ring (bicyclic) bond motifs is 2. The second-order valence-corrected chi connectivity index (χ2v) is 7.92. The van der Waals surface area contributed by atoms with Gasteiger partial charge in [0.05, 0.1) is 11.7 Å². The Hall–Kier alpha value is -3.81. The fourth-order valence-electron chi connectivity index (χ4n) is 4.56. The van der Waals surface area contributed by atoms with Gasteiger partial charge in [0.2, 0.25) is 5.91 Å². The van der Waals surface area contributed by atoms with Gasteiger partial charge in [0, 0.05) is 31.5 Å². The third-order valence-corrected chi connectivity index (χ3v) is 6.16. The number of carbonyl (C=O) groups is 2. The maximum Gasteiger partial charge on any atom is 0.260 e. The molecule has 2 atom stereocenters. The number of pyridine rings is 2. The first-order chi connectivity index (χ1) is 15.5. The van der Waals surface area contributed by atoms with Crippen LogP contribution in [0, 0.1) is 0 Å². The second-order valence-electron chi connectivity index (χ2n) is 7.92. The molecule has 5 rings (SSSR count). The van der Waals surface area contributed by atoms with E-state index < -0.39 is 12.7 Å². The number of alkyl halides is 1. The molecule has 4 heterocycles. The largest absolute Gasteiger partial charge is 0.340 e. The van der Waals surface area contributed by atoms with Crippen molar-refractivity contribution in [2.45, 2.75) is 19.0 Å². The third-order valence-electron chi connectivity index (χ3n) is 6.16. The van der Waals surface area contributed by atoms with Crippen LogP contribution in [0.15, 0.2) is 60.9 Å². The molecule has 0 saturated heterocycles. The summed E-state index contributed by atoms with van der Waals surface area (Å²) in [6.45, 7) is 1.17. The van der Waals surface area contributed by atoms with Gasteiger partial charge >= 0.3 is 0 Å². The van der Waals surface area contributed by atoms with E-state index in [1.807, 2.05) is 36.4 Å². The van der Waals surface area contributed by atoms with Gasteiger partial charge in [0.25, 0.3) is 5.91 Å². The molecule has 8 heteroatoms. The highest BCUT2D eigenvalue weighted by Crippen LogP contribution is 2.43. The molecule has 0 N–H and O–H groups in total. The third kappa shape index (κ3) is 2.94. The van der Waals surface area contributed by atoms with Crippen LogP contribution in [0.3, 0.4) is 0 Å². The number of benzene rings is 1. The molecular formula is C24H22FN5O2. The number of hydrogen-bond acceptors (Lipinski definition) is 5. The molecule has 3 aromatic rings. The van der Waals surface area contributed by atoms with E-state index in [4.69, 9.17) is 4.98 Å². The molecule has 0 spiro atoms. The molecular weight excluding hydrogens is 409 g/mol. The van der Waals surface area contributed by atoms with Crippen LogP contribution >= 0.6 is 0 Å². The summed E-state index contributed by atoms with van der Waals surface area (Å²) in [5.74, 6) is 0.645. The molecule has 0 fully saturated rings. The Morgan fingerprint density at radius 1 is 1.06 bits per heavy atom. The number of carbonyl (C=O) groups excluding carboxylic acids is 2. The van der Waals surface area contributed by atoms with Crippen LogP contribution in [-0.2, 0) is 4.79 Å². The molecule has 2 aromatic heterocycles. The van der Waals surface area contributed by atoms with E-state index in [0.717, 1.165) is 11.1 Å². The average Bonchev–Trinajstić information content (AvgIpc) is 3.13. The fourth-order valence-corrected chi connectivity index (χ4v) is 4.56. The Balaban J connectivity index is 1.66. The number of halogens is 1. The summed E-state index contributed by atoms with van der Waals surface area (Å²) in [6, 6.07) is 13.8. The van der Waals surface area contributed by atoms with E-state index in [9.17, 15) is 14.0 Å². The molecule has 162 valence electrons. The Kier molecular flexibility index (Phi) is 4.84. The van der Waals surface area contributed by atoms with Crippen LogP contribution in [0.1, 0.15) is 34.5 Å². The molecule has 0 aliphatic carbocycles. The highest BCUT2D eigenvalue weighted by molar-refractivity contribution is 6.12. The summed E-state index contributed by atoms with van der Waals surface area (Å²) in [4.78, 5) is 39.9. The lowest BCUT2D eigenvalue weighted by Gasteiger charge is -2.39. The fraction of sp³-hybridized carbons (Fsp3) is 0.250. The van der Waals surface area contributed by atoms with Crippen LogP contribution in [0.2, 0.25) is 0 Å². The number of hydrogen-bond donors (Lipinski definition) is 0. The molecule has 0 bridgehead atoms. The van der Waals surface area contributed by atoms with Gasteiger partial charge < -0.3 is 9.80 Å². The first-order valence-electron chi connectivity index (χ1n) is 10.5. The van der Waals surface area contributed by atoms with Crippen LogP contribution < -0.4 is 14.7 Å². The van der Waals surface area contributed by atoms with E-state index in [0.29, 0.717) is 22.9 Å². The van der Waals surface area contributed by atoms with Gasteiger partial charge in [-0.1, -0.05) is 24.3 Å². The molecule has 7 nitrogen and oxygen atoms in total. The maximum absolute atomic E-state index is 13.5. The van der Waals surface area contributed by atoms with Crippen molar-refractivity contribution in [3.05, 3.63) is 77.6 Å². The lowest BCUT2D eigenvalue weighted by molar-refractivity contribution is -0.119. The summed E-state index contributed by atoms with van der Waals surface area (Å²) < 4.78 is 13.3. The van der Waals surface area contributed by atoms with Gasteiger partial charge in [-0.2, -0.15) is 0 Å². The van der Waals surface area contributed by atoms with Crippen LogP contribution in [0.4, 0.5) is 21.7 Å². The van der Waals surface area contributed by atoms with Gasteiger partial charge in [-0.3, -0.25) is 19.5 Å². The van der Waals surface area contributed by atoms with Crippen molar-refractivity contribution < 1.29 is 14.0 Å². The summed E-state index contributed by atoms with van der Waals surface area (Å²) in [6.07, 6.45) is 3.44. The number of rotatable bonds is 4. The topological polar surface area (TPSA) is 69.6 Å². The minimum absolute atomic E-state index is 0.0460. The first kappa shape index (κ1) is 20.1. The number of likely N-dealkylation sites (N-methyl/N-ethyl adjacent to an activating group) is 1. The van der Waals surface area contributed by atoms with Gasteiger partial charge in [-0.25, -0.2) is 9.37 Å². The zero-order valence-corrected chi connectivity index (χ0v) is 17.8. The molecule has 0 radical (unpaired) electrons. The zero-order valence-electron chi connectivity index (χ0n) is 17.8.